The number of hydrogen-bond acceptors (Lipinski definition) is 1. The van der Waals surface area contributed by atoms with Crippen LogP contribution >= 0.6 is 22.6 Å². The van der Waals surface area contributed by atoms with E-state index in [0.29, 0.717) is 5.92 Å². The van der Waals surface area contributed by atoms with E-state index in [1.54, 1.807) is 7.05 Å². The molecule has 0 bridgehead atoms. The van der Waals surface area contributed by atoms with E-state index >= 15 is 0 Å². The molecule has 1 N–H and O–H groups in total. The SMILES string of the molecule is CNC(=O)CC1CCCC1I. The molecule has 0 aromatic rings. The number of alkyl halides is 1. The van der Waals surface area contributed by atoms with E-state index in [1.165, 1.54) is 19.3 Å². The zero-order valence-corrected chi connectivity index (χ0v) is 8.93. The van der Waals surface area contributed by atoms with Crippen LogP contribution in [0.15, 0.2) is 0 Å². The Labute approximate surface area is 81.3 Å². The molecule has 1 aliphatic carbocycles. The van der Waals surface area contributed by atoms with Crippen LogP contribution in [0.4, 0.5) is 0 Å². The largest absolute Gasteiger partial charge is 0.359 e. The predicted molar refractivity (Wildman–Crippen MR) is 53.8 cm³/mol. The van der Waals surface area contributed by atoms with Crippen LogP contribution in [0.5, 0.6) is 0 Å². The second kappa shape index (κ2) is 4.28. The molecule has 1 saturated carbocycles. The molecule has 0 aliphatic heterocycles. The first-order chi connectivity index (χ1) is 5.24. The lowest BCUT2D eigenvalue weighted by molar-refractivity contribution is -0.121. The lowest BCUT2D eigenvalue weighted by atomic mass is 10.0. The van der Waals surface area contributed by atoms with Gasteiger partial charge in [0, 0.05) is 17.4 Å². The van der Waals surface area contributed by atoms with Crippen LogP contribution < -0.4 is 5.32 Å². The second-order valence-corrected chi connectivity index (χ2v) is 4.68. The summed E-state index contributed by atoms with van der Waals surface area (Å²) < 4.78 is 0.727. The Bertz CT molecular complexity index is 149. The average molecular weight is 267 g/mol. The summed E-state index contributed by atoms with van der Waals surface area (Å²) in [6.07, 6.45) is 4.56. The van der Waals surface area contributed by atoms with E-state index in [-0.39, 0.29) is 5.91 Å². The lowest BCUT2D eigenvalue weighted by Gasteiger charge is -2.11. The maximum Gasteiger partial charge on any atom is 0.220 e. The maximum absolute atomic E-state index is 11.0. The first-order valence-corrected chi connectivity index (χ1v) is 5.33. The van der Waals surface area contributed by atoms with Gasteiger partial charge >= 0.3 is 0 Å². The molecule has 64 valence electrons. The third kappa shape index (κ3) is 2.61. The highest BCUT2D eigenvalue weighted by molar-refractivity contribution is 14.1. The minimum Gasteiger partial charge on any atom is -0.359 e. The third-order valence-corrected chi connectivity index (χ3v) is 3.93. The number of carbonyl (C=O) groups excluding carboxylic acids is 1. The first kappa shape index (κ1) is 9.29. The van der Waals surface area contributed by atoms with E-state index < -0.39 is 0 Å². The van der Waals surface area contributed by atoms with Crippen LogP contribution in [0.1, 0.15) is 25.7 Å². The van der Waals surface area contributed by atoms with Crippen LogP contribution in [0.25, 0.3) is 0 Å². The van der Waals surface area contributed by atoms with Crippen molar-refractivity contribution < 1.29 is 4.79 Å². The predicted octanol–water partition coefficient (Wildman–Crippen LogP) is 1.73. The van der Waals surface area contributed by atoms with Gasteiger partial charge in [0.05, 0.1) is 0 Å². The summed E-state index contributed by atoms with van der Waals surface area (Å²) in [7, 11) is 1.71. The molecule has 3 heteroatoms. The number of rotatable bonds is 2. The molecule has 1 amide bonds. The van der Waals surface area contributed by atoms with Gasteiger partial charge in [0.1, 0.15) is 0 Å². The van der Waals surface area contributed by atoms with Gasteiger partial charge in [-0.1, -0.05) is 29.0 Å². The van der Waals surface area contributed by atoms with Crippen LogP contribution in [0.2, 0.25) is 0 Å². The molecule has 0 aromatic heterocycles. The second-order valence-electron chi connectivity index (χ2n) is 3.08. The molecule has 0 saturated heterocycles. The van der Waals surface area contributed by atoms with Crippen molar-refractivity contribution in [2.75, 3.05) is 7.05 Å². The van der Waals surface area contributed by atoms with Gasteiger partial charge in [0.25, 0.3) is 0 Å². The van der Waals surface area contributed by atoms with Crippen molar-refractivity contribution in [3.63, 3.8) is 0 Å². The van der Waals surface area contributed by atoms with Gasteiger partial charge in [-0.05, 0) is 18.8 Å². The van der Waals surface area contributed by atoms with Crippen LogP contribution in [-0.4, -0.2) is 16.9 Å². The highest BCUT2D eigenvalue weighted by Crippen LogP contribution is 2.33. The molecular weight excluding hydrogens is 253 g/mol. The summed E-state index contributed by atoms with van der Waals surface area (Å²) in [6, 6.07) is 0. The Balaban J connectivity index is 2.30. The van der Waals surface area contributed by atoms with Gasteiger partial charge in [0.2, 0.25) is 5.91 Å². The van der Waals surface area contributed by atoms with Crippen LogP contribution in [-0.2, 0) is 4.79 Å². The number of halogens is 1. The highest BCUT2D eigenvalue weighted by atomic mass is 127. The molecule has 2 nitrogen and oxygen atoms in total. The molecule has 2 atom stereocenters. The molecular formula is C8H14INO. The topological polar surface area (TPSA) is 29.1 Å². The monoisotopic (exact) mass is 267 g/mol. The minimum absolute atomic E-state index is 0.193. The number of nitrogens with one attached hydrogen (secondary N) is 1. The third-order valence-electron chi connectivity index (χ3n) is 2.29. The summed E-state index contributed by atoms with van der Waals surface area (Å²) >= 11 is 2.46. The Hall–Kier alpha value is 0.200. The van der Waals surface area contributed by atoms with E-state index in [9.17, 15) is 4.79 Å². The summed E-state index contributed by atoms with van der Waals surface area (Å²) in [4.78, 5) is 11.0. The van der Waals surface area contributed by atoms with E-state index in [0.717, 1.165) is 10.3 Å². The standard InChI is InChI=1S/C8H14INO/c1-10-8(11)5-6-3-2-4-7(6)9/h6-7H,2-5H2,1H3,(H,10,11). The minimum atomic E-state index is 0.193. The van der Waals surface area contributed by atoms with Crippen molar-refractivity contribution in [2.24, 2.45) is 5.92 Å². The van der Waals surface area contributed by atoms with E-state index in [1.807, 2.05) is 0 Å². The summed E-state index contributed by atoms with van der Waals surface area (Å²) in [5.41, 5.74) is 0. The van der Waals surface area contributed by atoms with Gasteiger partial charge in [-0.2, -0.15) is 0 Å². The van der Waals surface area contributed by atoms with Crippen molar-refractivity contribution >= 4 is 28.5 Å². The fourth-order valence-electron chi connectivity index (χ4n) is 1.56. The quantitative estimate of drug-likeness (QED) is 0.599. The summed E-state index contributed by atoms with van der Waals surface area (Å²) in [5, 5.41) is 2.67. The lowest BCUT2D eigenvalue weighted by Crippen LogP contribution is -2.22. The van der Waals surface area contributed by atoms with Crippen molar-refractivity contribution in [1.82, 2.24) is 5.32 Å². The molecule has 1 rings (SSSR count). The summed E-state index contributed by atoms with van der Waals surface area (Å²) in [6.45, 7) is 0. The smallest absolute Gasteiger partial charge is 0.220 e. The summed E-state index contributed by atoms with van der Waals surface area (Å²) in [5.74, 6) is 0.828. The highest BCUT2D eigenvalue weighted by Gasteiger charge is 2.26. The zero-order chi connectivity index (χ0) is 8.27. The Morgan fingerprint density at radius 3 is 2.82 bits per heavy atom. The zero-order valence-electron chi connectivity index (χ0n) is 6.77. The first-order valence-electron chi connectivity index (χ1n) is 4.08. The molecule has 1 fully saturated rings. The normalized spacial score (nSPS) is 30.4. The molecule has 1 aliphatic rings. The van der Waals surface area contributed by atoms with Crippen molar-refractivity contribution in [3.8, 4) is 0 Å². The van der Waals surface area contributed by atoms with Crippen molar-refractivity contribution in [1.29, 1.82) is 0 Å². The van der Waals surface area contributed by atoms with Crippen molar-refractivity contribution in [3.05, 3.63) is 0 Å². The fraction of sp³-hybridized carbons (Fsp3) is 0.875. The van der Waals surface area contributed by atoms with Gasteiger partial charge in [-0.15, -0.1) is 0 Å². The molecule has 11 heavy (non-hydrogen) atoms. The number of hydrogen-bond donors (Lipinski definition) is 1. The fourth-order valence-corrected chi connectivity index (χ4v) is 2.62. The van der Waals surface area contributed by atoms with Gasteiger partial charge < -0.3 is 5.32 Å². The maximum atomic E-state index is 11.0. The number of carbonyl (C=O) groups is 1. The Kier molecular flexibility index (Phi) is 3.62. The van der Waals surface area contributed by atoms with E-state index in [2.05, 4.69) is 27.9 Å². The van der Waals surface area contributed by atoms with Gasteiger partial charge in [-0.3, -0.25) is 4.79 Å². The Morgan fingerprint density at radius 2 is 2.36 bits per heavy atom. The molecule has 0 spiro atoms. The molecule has 0 heterocycles. The Morgan fingerprint density at radius 1 is 1.64 bits per heavy atom. The molecule has 0 aromatic carbocycles. The van der Waals surface area contributed by atoms with Crippen LogP contribution in [0, 0.1) is 5.92 Å². The average Bonchev–Trinajstić information content (AvgIpc) is 2.37. The van der Waals surface area contributed by atoms with Gasteiger partial charge in [-0.25, -0.2) is 0 Å². The molecule has 2 unspecified atom stereocenters. The van der Waals surface area contributed by atoms with E-state index in [4.69, 9.17) is 0 Å². The van der Waals surface area contributed by atoms with Gasteiger partial charge in [0.15, 0.2) is 0 Å². The number of amides is 1. The van der Waals surface area contributed by atoms with Crippen molar-refractivity contribution in [2.45, 2.75) is 29.6 Å². The van der Waals surface area contributed by atoms with Crippen LogP contribution in [0.3, 0.4) is 0 Å². The molecule has 0 radical (unpaired) electrons.